The minimum Gasteiger partial charge on any atom is -0.330 e. The maximum atomic E-state index is 10.8. The number of nitrogens with zero attached hydrogens (tertiary/aromatic N) is 1. The molecule has 1 aliphatic carbocycles. The van der Waals surface area contributed by atoms with E-state index in [-0.39, 0.29) is 5.69 Å². The van der Waals surface area contributed by atoms with Crippen molar-refractivity contribution in [1.82, 2.24) is 9.97 Å². The van der Waals surface area contributed by atoms with Gasteiger partial charge in [0.25, 0.3) is 0 Å². The van der Waals surface area contributed by atoms with E-state index in [1.807, 2.05) is 0 Å². The Kier molecular flexibility index (Phi) is 1.69. The summed E-state index contributed by atoms with van der Waals surface area (Å²) in [5.41, 5.74) is 7.45. The quantitative estimate of drug-likeness (QED) is 0.603. The number of aromatic amines is 1. The van der Waals surface area contributed by atoms with Crippen LogP contribution in [0.3, 0.4) is 0 Å². The molecule has 0 aromatic carbocycles. The van der Waals surface area contributed by atoms with E-state index in [4.69, 9.17) is 5.73 Å². The highest BCUT2D eigenvalue weighted by molar-refractivity contribution is 5.26. The Bertz CT molecular complexity index is 344. The molecular weight excluding hydrogens is 154 g/mol. The van der Waals surface area contributed by atoms with E-state index in [9.17, 15) is 4.79 Å². The van der Waals surface area contributed by atoms with Crippen molar-refractivity contribution in [2.24, 2.45) is 5.73 Å². The molecule has 1 unspecified atom stereocenters. The summed E-state index contributed by atoms with van der Waals surface area (Å²) in [6.45, 7) is 0.640. The largest absolute Gasteiger partial charge is 0.345 e. The van der Waals surface area contributed by atoms with E-state index in [0.29, 0.717) is 12.5 Å². The second-order valence-electron chi connectivity index (χ2n) is 3.09. The van der Waals surface area contributed by atoms with Crippen molar-refractivity contribution in [3.8, 4) is 0 Å². The smallest absolute Gasteiger partial charge is 0.330 e. The molecule has 0 bridgehead atoms. The zero-order valence-corrected chi connectivity index (χ0v) is 6.71. The van der Waals surface area contributed by atoms with Crippen LogP contribution in [0.2, 0.25) is 0 Å². The van der Waals surface area contributed by atoms with Gasteiger partial charge in [-0.05, 0) is 30.9 Å². The first kappa shape index (κ1) is 7.49. The average molecular weight is 165 g/mol. The summed E-state index contributed by atoms with van der Waals surface area (Å²) < 4.78 is 0. The Morgan fingerprint density at radius 3 is 3.33 bits per heavy atom. The highest BCUT2D eigenvalue weighted by Gasteiger charge is 2.21. The number of rotatable bonds is 1. The van der Waals surface area contributed by atoms with Gasteiger partial charge in [0.05, 0.1) is 0 Å². The lowest BCUT2D eigenvalue weighted by Crippen LogP contribution is -2.14. The molecule has 3 N–H and O–H groups in total. The molecule has 0 saturated carbocycles. The number of aryl methyl sites for hydroxylation is 1. The van der Waals surface area contributed by atoms with Crippen molar-refractivity contribution in [2.45, 2.75) is 18.8 Å². The average Bonchev–Trinajstić information content (AvgIpc) is 2.46. The lowest BCUT2D eigenvalue weighted by molar-refractivity contribution is 0.686. The Hall–Kier alpha value is -1.16. The van der Waals surface area contributed by atoms with Gasteiger partial charge in [0, 0.05) is 11.9 Å². The molecule has 0 spiro atoms. The summed E-state index contributed by atoms with van der Waals surface area (Å²) in [7, 11) is 0. The van der Waals surface area contributed by atoms with E-state index in [0.717, 1.165) is 24.1 Å². The number of fused-ring (bicyclic) bond motifs is 1. The van der Waals surface area contributed by atoms with Crippen molar-refractivity contribution in [1.29, 1.82) is 0 Å². The van der Waals surface area contributed by atoms with E-state index in [1.54, 1.807) is 6.20 Å². The van der Waals surface area contributed by atoms with Gasteiger partial charge in [-0.15, -0.1) is 0 Å². The minimum absolute atomic E-state index is 0.258. The molecule has 2 rings (SSSR count). The molecule has 0 aliphatic heterocycles. The van der Waals surface area contributed by atoms with Crippen LogP contribution >= 0.6 is 0 Å². The van der Waals surface area contributed by atoms with Crippen molar-refractivity contribution < 1.29 is 0 Å². The summed E-state index contributed by atoms with van der Waals surface area (Å²) in [6, 6.07) is 0. The molecule has 1 aromatic rings. The maximum Gasteiger partial charge on any atom is 0.345 e. The van der Waals surface area contributed by atoms with Crippen LogP contribution in [0, 0.1) is 0 Å². The van der Waals surface area contributed by atoms with Crippen LogP contribution in [0.4, 0.5) is 0 Å². The first-order valence-electron chi connectivity index (χ1n) is 4.09. The Balaban J connectivity index is 2.47. The van der Waals surface area contributed by atoms with Gasteiger partial charge in [-0.2, -0.15) is 0 Å². The van der Waals surface area contributed by atoms with Gasteiger partial charge < -0.3 is 10.7 Å². The van der Waals surface area contributed by atoms with Gasteiger partial charge in [0.2, 0.25) is 0 Å². The van der Waals surface area contributed by atoms with Gasteiger partial charge in [-0.25, -0.2) is 9.78 Å². The summed E-state index contributed by atoms with van der Waals surface area (Å²) >= 11 is 0. The standard InChI is InChI=1S/C8H11N3O/c9-3-5-1-2-7-6(5)4-10-8(12)11-7/h4-5H,1-3,9H2,(H,10,11,12). The summed E-state index contributed by atoms with van der Waals surface area (Å²) in [5, 5.41) is 0. The topological polar surface area (TPSA) is 71.8 Å². The number of aromatic nitrogens is 2. The molecule has 1 aliphatic rings. The van der Waals surface area contributed by atoms with Gasteiger partial charge in [0.1, 0.15) is 0 Å². The maximum absolute atomic E-state index is 10.8. The van der Waals surface area contributed by atoms with Gasteiger partial charge in [-0.1, -0.05) is 0 Å². The number of hydrogen-bond acceptors (Lipinski definition) is 3. The zero-order valence-electron chi connectivity index (χ0n) is 6.71. The second-order valence-corrected chi connectivity index (χ2v) is 3.09. The van der Waals surface area contributed by atoms with Crippen molar-refractivity contribution in [3.05, 3.63) is 27.9 Å². The van der Waals surface area contributed by atoms with Crippen LogP contribution in [0.25, 0.3) is 0 Å². The third-order valence-electron chi connectivity index (χ3n) is 2.39. The van der Waals surface area contributed by atoms with Crippen LogP contribution in [-0.4, -0.2) is 16.5 Å². The number of nitrogens with one attached hydrogen (secondary N) is 1. The van der Waals surface area contributed by atoms with E-state index >= 15 is 0 Å². The lowest BCUT2D eigenvalue weighted by atomic mass is 10.1. The number of hydrogen-bond donors (Lipinski definition) is 2. The molecule has 4 heteroatoms. The Morgan fingerprint density at radius 1 is 1.75 bits per heavy atom. The van der Waals surface area contributed by atoms with Crippen LogP contribution < -0.4 is 11.4 Å². The molecule has 64 valence electrons. The first-order valence-corrected chi connectivity index (χ1v) is 4.09. The van der Waals surface area contributed by atoms with Crippen molar-refractivity contribution >= 4 is 0 Å². The Labute approximate surface area is 69.8 Å². The van der Waals surface area contributed by atoms with Crippen molar-refractivity contribution in [3.63, 3.8) is 0 Å². The first-order chi connectivity index (χ1) is 5.81. The lowest BCUT2D eigenvalue weighted by Gasteiger charge is -2.05. The Morgan fingerprint density at radius 2 is 2.58 bits per heavy atom. The summed E-state index contributed by atoms with van der Waals surface area (Å²) in [5.74, 6) is 0.393. The van der Waals surface area contributed by atoms with Crippen LogP contribution in [0.5, 0.6) is 0 Å². The van der Waals surface area contributed by atoms with E-state index in [2.05, 4.69) is 9.97 Å². The van der Waals surface area contributed by atoms with Gasteiger partial charge >= 0.3 is 5.69 Å². The second kappa shape index (κ2) is 2.71. The van der Waals surface area contributed by atoms with Crippen molar-refractivity contribution in [2.75, 3.05) is 6.54 Å². The highest BCUT2D eigenvalue weighted by Crippen LogP contribution is 2.28. The molecule has 1 atom stereocenters. The molecule has 1 aromatic heterocycles. The molecule has 12 heavy (non-hydrogen) atoms. The highest BCUT2D eigenvalue weighted by atomic mass is 16.1. The SMILES string of the molecule is NCC1CCc2[nH]c(=O)ncc21. The molecular formula is C8H11N3O. The predicted octanol–water partition coefficient (Wildman–Crippen LogP) is -0.242. The fraction of sp³-hybridized carbons (Fsp3) is 0.500. The molecule has 4 nitrogen and oxygen atoms in total. The monoisotopic (exact) mass is 165 g/mol. The van der Waals surface area contributed by atoms with Gasteiger partial charge in [0.15, 0.2) is 0 Å². The minimum atomic E-state index is -0.258. The van der Waals surface area contributed by atoms with E-state index in [1.165, 1.54) is 0 Å². The normalized spacial score (nSPS) is 20.9. The fourth-order valence-corrected chi connectivity index (χ4v) is 1.72. The zero-order chi connectivity index (χ0) is 8.55. The fourth-order valence-electron chi connectivity index (χ4n) is 1.72. The summed E-state index contributed by atoms with van der Waals surface area (Å²) in [4.78, 5) is 17.2. The van der Waals surface area contributed by atoms with E-state index < -0.39 is 0 Å². The number of nitrogens with two attached hydrogens (primary N) is 1. The molecule has 1 heterocycles. The molecule has 0 radical (unpaired) electrons. The van der Waals surface area contributed by atoms with Crippen LogP contribution in [0.1, 0.15) is 23.6 Å². The third-order valence-corrected chi connectivity index (χ3v) is 2.39. The molecule has 0 fully saturated rings. The number of H-pyrrole nitrogens is 1. The predicted molar refractivity (Wildman–Crippen MR) is 45.0 cm³/mol. The van der Waals surface area contributed by atoms with Crippen LogP contribution in [-0.2, 0) is 6.42 Å². The molecule has 0 amide bonds. The van der Waals surface area contributed by atoms with Gasteiger partial charge in [-0.3, -0.25) is 0 Å². The third kappa shape index (κ3) is 1.04. The van der Waals surface area contributed by atoms with Crippen LogP contribution in [0.15, 0.2) is 11.0 Å². The summed E-state index contributed by atoms with van der Waals surface area (Å²) in [6.07, 6.45) is 3.61. The molecule has 0 saturated heterocycles.